The molecule has 0 saturated carbocycles. The lowest BCUT2D eigenvalue weighted by atomic mass is 10.0. The molecule has 2 aromatic carbocycles. The maximum absolute atomic E-state index is 11.6. The van der Waals surface area contributed by atoms with E-state index in [0.29, 0.717) is 12.4 Å². The van der Waals surface area contributed by atoms with E-state index >= 15 is 0 Å². The Kier molecular flexibility index (Phi) is 5.27. The zero-order chi connectivity index (χ0) is 18.5. The van der Waals surface area contributed by atoms with Crippen molar-refractivity contribution in [2.45, 2.75) is 20.8 Å². The molecule has 26 heavy (non-hydrogen) atoms. The Labute approximate surface area is 153 Å². The molecule has 0 saturated heterocycles. The monoisotopic (exact) mass is 347 g/mol. The van der Waals surface area contributed by atoms with Crippen LogP contribution in [0.1, 0.15) is 25.0 Å². The zero-order valence-corrected chi connectivity index (χ0v) is 15.1. The van der Waals surface area contributed by atoms with E-state index in [2.05, 4.69) is 17.0 Å². The molecule has 0 aliphatic rings. The van der Waals surface area contributed by atoms with Crippen molar-refractivity contribution in [2.24, 2.45) is 0 Å². The van der Waals surface area contributed by atoms with Crippen molar-refractivity contribution in [1.82, 2.24) is 14.8 Å². The molecule has 1 heterocycles. The standard InChI is InChI=1S/C21H21N3O2/c1-4-26-20(25)13-16(3)17-7-9-18(10-8-17)21-22-14-24(23-21)19-11-5-15(2)6-12-19/h5-14H,4H2,1-3H3/b16-13+. The number of rotatable bonds is 5. The average Bonchev–Trinajstić information content (AvgIpc) is 3.12. The Balaban J connectivity index is 1.79. The minimum atomic E-state index is -0.326. The Morgan fingerprint density at radius 3 is 2.46 bits per heavy atom. The maximum Gasteiger partial charge on any atom is 0.331 e. The number of hydrogen-bond acceptors (Lipinski definition) is 4. The number of ether oxygens (including phenoxy) is 1. The smallest absolute Gasteiger partial charge is 0.331 e. The highest BCUT2D eigenvalue weighted by Gasteiger charge is 2.07. The second-order valence-corrected chi connectivity index (χ2v) is 6.01. The Bertz CT molecular complexity index is 923. The van der Waals surface area contributed by atoms with E-state index in [4.69, 9.17) is 4.74 Å². The van der Waals surface area contributed by atoms with Gasteiger partial charge in [0, 0.05) is 11.6 Å². The van der Waals surface area contributed by atoms with Crippen molar-refractivity contribution in [1.29, 1.82) is 0 Å². The van der Waals surface area contributed by atoms with Crippen molar-refractivity contribution >= 4 is 11.5 Å². The van der Waals surface area contributed by atoms with Gasteiger partial charge in [0.15, 0.2) is 5.82 Å². The van der Waals surface area contributed by atoms with Gasteiger partial charge in [-0.3, -0.25) is 0 Å². The summed E-state index contributed by atoms with van der Waals surface area (Å²) in [5, 5.41) is 4.54. The van der Waals surface area contributed by atoms with Gasteiger partial charge in [0.2, 0.25) is 0 Å². The quantitative estimate of drug-likeness (QED) is 0.512. The summed E-state index contributed by atoms with van der Waals surface area (Å²) in [7, 11) is 0. The van der Waals surface area contributed by atoms with Crippen molar-refractivity contribution < 1.29 is 9.53 Å². The van der Waals surface area contributed by atoms with Crippen molar-refractivity contribution in [3.05, 3.63) is 72.1 Å². The Hall–Kier alpha value is -3.21. The summed E-state index contributed by atoms with van der Waals surface area (Å²) >= 11 is 0. The van der Waals surface area contributed by atoms with E-state index in [9.17, 15) is 4.79 Å². The molecule has 0 atom stereocenters. The maximum atomic E-state index is 11.6. The van der Waals surface area contributed by atoms with Gasteiger partial charge in [0.1, 0.15) is 6.33 Å². The molecule has 1 aromatic heterocycles. The predicted molar refractivity (Wildman–Crippen MR) is 102 cm³/mol. The molecule has 5 heteroatoms. The molecular formula is C21H21N3O2. The number of nitrogens with zero attached hydrogens (tertiary/aromatic N) is 3. The van der Waals surface area contributed by atoms with Crippen LogP contribution in [-0.2, 0) is 9.53 Å². The SMILES string of the molecule is CCOC(=O)/C=C(\C)c1ccc(-c2ncn(-c3ccc(C)cc3)n2)cc1. The fourth-order valence-electron chi connectivity index (χ4n) is 2.54. The van der Waals surface area contributed by atoms with Gasteiger partial charge in [0.25, 0.3) is 0 Å². The van der Waals surface area contributed by atoms with Crippen molar-refractivity contribution in [2.75, 3.05) is 6.61 Å². The zero-order valence-electron chi connectivity index (χ0n) is 15.1. The number of esters is 1. The summed E-state index contributed by atoms with van der Waals surface area (Å²) < 4.78 is 6.70. The lowest BCUT2D eigenvalue weighted by Gasteiger charge is -2.03. The molecule has 0 unspecified atom stereocenters. The van der Waals surface area contributed by atoms with Crippen LogP contribution >= 0.6 is 0 Å². The summed E-state index contributed by atoms with van der Waals surface area (Å²) in [5.41, 5.74) is 4.91. The van der Waals surface area contributed by atoms with Crippen LogP contribution in [0.2, 0.25) is 0 Å². The molecule has 3 rings (SSSR count). The first-order valence-electron chi connectivity index (χ1n) is 8.51. The van der Waals surface area contributed by atoms with Gasteiger partial charge in [-0.1, -0.05) is 42.0 Å². The summed E-state index contributed by atoms with van der Waals surface area (Å²) in [4.78, 5) is 15.9. The molecular weight excluding hydrogens is 326 g/mol. The predicted octanol–water partition coefficient (Wildman–Crippen LogP) is 4.21. The number of carbonyl (C=O) groups is 1. The molecule has 0 aliphatic heterocycles. The number of aromatic nitrogens is 3. The highest BCUT2D eigenvalue weighted by atomic mass is 16.5. The van der Waals surface area contributed by atoms with Crippen LogP contribution in [0.25, 0.3) is 22.6 Å². The van der Waals surface area contributed by atoms with E-state index in [1.807, 2.05) is 55.5 Å². The first kappa shape index (κ1) is 17.6. The number of aryl methyl sites for hydroxylation is 1. The lowest BCUT2D eigenvalue weighted by Crippen LogP contribution is -2.00. The van der Waals surface area contributed by atoms with Gasteiger partial charge in [0.05, 0.1) is 12.3 Å². The minimum absolute atomic E-state index is 0.326. The van der Waals surface area contributed by atoms with Crippen LogP contribution in [0.4, 0.5) is 0 Å². The highest BCUT2D eigenvalue weighted by molar-refractivity contribution is 5.91. The second kappa shape index (κ2) is 7.78. The van der Waals surface area contributed by atoms with Crippen molar-refractivity contribution in [3.63, 3.8) is 0 Å². The van der Waals surface area contributed by atoms with E-state index in [-0.39, 0.29) is 5.97 Å². The molecule has 3 aromatic rings. The molecule has 0 aliphatic carbocycles. The summed E-state index contributed by atoms with van der Waals surface area (Å²) in [6, 6.07) is 15.9. The second-order valence-electron chi connectivity index (χ2n) is 6.01. The third-order valence-corrected chi connectivity index (χ3v) is 4.01. The van der Waals surface area contributed by atoms with E-state index in [1.165, 1.54) is 11.6 Å². The molecule has 0 amide bonds. The van der Waals surface area contributed by atoms with Gasteiger partial charge >= 0.3 is 5.97 Å². The van der Waals surface area contributed by atoms with Crippen LogP contribution < -0.4 is 0 Å². The average molecular weight is 347 g/mol. The number of carbonyl (C=O) groups excluding carboxylic acids is 1. The molecule has 0 N–H and O–H groups in total. The molecule has 132 valence electrons. The van der Waals surface area contributed by atoms with Crippen LogP contribution in [-0.4, -0.2) is 27.3 Å². The van der Waals surface area contributed by atoms with Gasteiger partial charge in [-0.2, -0.15) is 0 Å². The van der Waals surface area contributed by atoms with Gasteiger partial charge in [-0.15, -0.1) is 5.10 Å². The molecule has 0 radical (unpaired) electrons. The number of benzene rings is 2. The summed E-state index contributed by atoms with van der Waals surface area (Å²) in [6.45, 7) is 6.10. The van der Waals surface area contributed by atoms with Crippen LogP contribution in [0.15, 0.2) is 60.9 Å². The molecule has 0 spiro atoms. The third kappa shape index (κ3) is 4.06. The lowest BCUT2D eigenvalue weighted by molar-refractivity contribution is -0.137. The molecule has 5 nitrogen and oxygen atoms in total. The largest absolute Gasteiger partial charge is 0.463 e. The van der Waals surface area contributed by atoms with Crippen molar-refractivity contribution in [3.8, 4) is 17.1 Å². The Morgan fingerprint density at radius 2 is 1.81 bits per heavy atom. The summed E-state index contributed by atoms with van der Waals surface area (Å²) in [6.07, 6.45) is 3.21. The van der Waals surface area contributed by atoms with Gasteiger partial charge < -0.3 is 4.74 Å². The normalized spacial score (nSPS) is 11.4. The van der Waals surface area contributed by atoms with Crippen LogP contribution in [0.5, 0.6) is 0 Å². The number of hydrogen-bond donors (Lipinski definition) is 0. The van der Waals surface area contributed by atoms with Gasteiger partial charge in [-0.05, 0) is 44.0 Å². The van der Waals surface area contributed by atoms with Crippen LogP contribution in [0, 0.1) is 6.92 Å². The van der Waals surface area contributed by atoms with E-state index in [0.717, 1.165) is 22.4 Å². The number of allylic oxidation sites excluding steroid dienone is 1. The highest BCUT2D eigenvalue weighted by Crippen LogP contribution is 2.20. The molecule has 0 bridgehead atoms. The first-order chi connectivity index (χ1) is 12.6. The van der Waals surface area contributed by atoms with E-state index in [1.54, 1.807) is 17.9 Å². The fourth-order valence-corrected chi connectivity index (χ4v) is 2.54. The first-order valence-corrected chi connectivity index (χ1v) is 8.51. The Morgan fingerprint density at radius 1 is 1.12 bits per heavy atom. The molecule has 0 fully saturated rings. The third-order valence-electron chi connectivity index (χ3n) is 4.01. The van der Waals surface area contributed by atoms with Crippen LogP contribution in [0.3, 0.4) is 0 Å². The fraction of sp³-hybridized carbons (Fsp3) is 0.190. The topological polar surface area (TPSA) is 57.0 Å². The minimum Gasteiger partial charge on any atom is -0.463 e. The van der Waals surface area contributed by atoms with Gasteiger partial charge in [-0.25, -0.2) is 14.5 Å². The summed E-state index contributed by atoms with van der Waals surface area (Å²) in [5.74, 6) is 0.330. The van der Waals surface area contributed by atoms with E-state index < -0.39 is 0 Å².